The van der Waals surface area contributed by atoms with Gasteiger partial charge in [-0.3, -0.25) is 9.78 Å². The predicted molar refractivity (Wildman–Crippen MR) is 193 cm³/mol. The van der Waals surface area contributed by atoms with Crippen LogP contribution in [0, 0.1) is 22.7 Å². The first-order valence-corrected chi connectivity index (χ1v) is 17.3. The molecule has 0 bridgehead atoms. The van der Waals surface area contributed by atoms with Crippen LogP contribution in [0.2, 0.25) is 5.02 Å². The number of nitrogens with zero attached hydrogens (tertiary/aromatic N) is 9. The van der Waals surface area contributed by atoms with Crippen LogP contribution in [0.3, 0.4) is 0 Å². The van der Waals surface area contributed by atoms with E-state index in [2.05, 4.69) is 69.7 Å². The molecule has 2 fully saturated rings. The first kappa shape index (κ1) is 33.3. The zero-order valence-electron chi connectivity index (χ0n) is 28.1. The van der Waals surface area contributed by atoms with Crippen LogP contribution in [0.1, 0.15) is 41.6 Å². The summed E-state index contributed by atoms with van der Waals surface area (Å²) in [6.45, 7) is 8.16. The van der Waals surface area contributed by atoms with Crippen LogP contribution < -0.4 is 14.5 Å². The Bertz CT molecular complexity index is 2030. The number of nitriles is 2. The van der Waals surface area contributed by atoms with E-state index < -0.39 is 6.04 Å². The molecule has 3 aliphatic rings. The summed E-state index contributed by atoms with van der Waals surface area (Å²) < 4.78 is 6.33. The molecule has 254 valence electrons. The molecule has 2 aromatic carbocycles. The second-order valence-corrected chi connectivity index (χ2v) is 13.5. The molecule has 0 N–H and O–H groups in total. The van der Waals surface area contributed by atoms with Crippen LogP contribution in [0.25, 0.3) is 16.3 Å². The number of likely N-dealkylation sites (tertiary alicyclic amines) is 1. The van der Waals surface area contributed by atoms with Gasteiger partial charge < -0.3 is 24.3 Å². The lowest BCUT2D eigenvalue weighted by Gasteiger charge is -2.42. The maximum absolute atomic E-state index is 13.8. The molecular formula is C38H38ClN9O2. The van der Waals surface area contributed by atoms with E-state index in [0.717, 1.165) is 59.5 Å². The van der Waals surface area contributed by atoms with Gasteiger partial charge in [0, 0.05) is 72.4 Å². The number of halogens is 1. The Morgan fingerprint density at radius 3 is 2.68 bits per heavy atom. The van der Waals surface area contributed by atoms with Crippen molar-refractivity contribution in [2.75, 3.05) is 56.2 Å². The molecule has 4 aromatic rings. The van der Waals surface area contributed by atoms with E-state index in [1.165, 1.54) is 12.4 Å². The van der Waals surface area contributed by atoms with Crippen molar-refractivity contribution < 1.29 is 9.53 Å². The van der Waals surface area contributed by atoms with E-state index in [9.17, 15) is 15.3 Å². The number of fused-ring (bicyclic) bond motifs is 2. The summed E-state index contributed by atoms with van der Waals surface area (Å²) in [6, 6.07) is 18.4. The number of anilines is 2. The number of rotatable bonds is 8. The SMILES string of the molecule is C=C(C(=O)N1CCN(c2nc(OC[C@@H]3CCCN3C)nc3c2CCN(c2cccc4cccc(Cl)c24)C3)C[C@@H]1CC#N)c1ccncc1C#N. The van der Waals surface area contributed by atoms with Gasteiger partial charge in [-0.2, -0.15) is 20.5 Å². The van der Waals surface area contributed by atoms with Crippen molar-refractivity contribution in [3.8, 4) is 18.1 Å². The second kappa shape index (κ2) is 14.3. The van der Waals surface area contributed by atoms with Crippen molar-refractivity contribution in [2.24, 2.45) is 0 Å². The van der Waals surface area contributed by atoms with Crippen molar-refractivity contribution in [3.05, 3.63) is 88.8 Å². The summed E-state index contributed by atoms with van der Waals surface area (Å²) in [5.74, 6) is 0.488. The fourth-order valence-corrected chi connectivity index (χ4v) is 7.73. The zero-order valence-corrected chi connectivity index (χ0v) is 28.8. The van der Waals surface area contributed by atoms with Gasteiger partial charge in [0.15, 0.2) is 0 Å². The monoisotopic (exact) mass is 687 g/mol. The predicted octanol–water partition coefficient (Wildman–Crippen LogP) is 5.23. The molecule has 12 heteroatoms. The minimum atomic E-state index is -0.412. The molecule has 3 aliphatic heterocycles. The molecule has 50 heavy (non-hydrogen) atoms. The summed E-state index contributed by atoms with van der Waals surface area (Å²) in [5.41, 5.74) is 3.94. The largest absolute Gasteiger partial charge is 0.462 e. The van der Waals surface area contributed by atoms with Crippen molar-refractivity contribution in [1.29, 1.82) is 10.5 Å². The van der Waals surface area contributed by atoms with Crippen LogP contribution >= 0.6 is 11.6 Å². The summed E-state index contributed by atoms with van der Waals surface area (Å²) in [7, 11) is 2.12. The number of ether oxygens (including phenoxy) is 1. The number of piperazine rings is 1. The highest BCUT2D eigenvalue weighted by molar-refractivity contribution is 6.36. The number of likely N-dealkylation sites (N-methyl/N-ethyl adjacent to an activating group) is 1. The topological polar surface area (TPSA) is 126 Å². The summed E-state index contributed by atoms with van der Waals surface area (Å²) in [5, 5.41) is 22.2. The summed E-state index contributed by atoms with van der Waals surface area (Å²) in [4.78, 5) is 36.3. The molecule has 0 saturated carbocycles. The average Bonchev–Trinajstić information content (AvgIpc) is 3.56. The number of hydrogen-bond donors (Lipinski definition) is 0. The Morgan fingerprint density at radius 2 is 1.90 bits per heavy atom. The smallest absolute Gasteiger partial charge is 0.318 e. The Morgan fingerprint density at radius 1 is 1.06 bits per heavy atom. The lowest BCUT2D eigenvalue weighted by atomic mass is 9.99. The number of carbonyl (C=O) groups is 1. The van der Waals surface area contributed by atoms with Crippen molar-refractivity contribution in [3.63, 3.8) is 0 Å². The average molecular weight is 688 g/mol. The van der Waals surface area contributed by atoms with Gasteiger partial charge in [0.1, 0.15) is 18.5 Å². The lowest BCUT2D eigenvalue weighted by Crippen LogP contribution is -2.56. The number of carbonyl (C=O) groups excluding carboxylic acids is 1. The second-order valence-electron chi connectivity index (χ2n) is 13.1. The van der Waals surface area contributed by atoms with Gasteiger partial charge in [-0.15, -0.1) is 0 Å². The van der Waals surface area contributed by atoms with Crippen molar-refractivity contribution in [2.45, 2.75) is 44.3 Å². The standard InChI is InChI=1S/C38H38ClN9O2/c1-25(30-12-15-42-21-27(30)20-41)37(49)48-19-18-47(22-28(48)11-14-40)36-31-13-17-46(34-10-4-7-26-6-3-9-32(39)35(26)34)23-33(31)43-38(44-36)50-24-29-8-5-16-45(29)2/h3-4,6-7,9-10,12,15,21,28-29H,1,5,8,11,13,16-19,22-24H2,2H3/t28-,29-/m0/s1. The van der Waals surface area contributed by atoms with Crippen LogP contribution in [0.15, 0.2) is 61.4 Å². The number of hydrogen-bond acceptors (Lipinski definition) is 10. The lowest BCUT2D eigenvalue weighted by molar-refractivity contribution is -0.127. The quantitative estimate of drug-likeness (QED) is 0.227. The first-order chi connectivity index (χ1) is 24.4. The van der Waals surface area contributed by atoms with Crippen LogP contribution in [-0.4, -0.2) is 89.1 Å². The van der Waals surface area contributed by atoms with E-state index in [-0.39, 0.29) is 23.5 Å². The van der Waals surface area contributed by atoms with Gasteiger partial charge in [0.25, 0.3) is 5.91 Å². The third-order valence-electron chi connectivity index (χ3n) is 10.2. The van der Waals surface area contributed by atoms with Gasteiger partial charge in [0.2, 0.25) is 0 Å². The molecule has 2 aromatic heterocycles. The Kier molecular flexibility index (Phi) is 9.53. The minimum Gasteiger partial charge on any atom is -0.462 e. The molecule has 0 spiro atoms. The molecule has 5 heterocycles. The molecular weight excluding hydrogens is 650 g/mol. The van der Waals surface area contributed by atoms with Crippen molar-refractivity contribution >= 4 is 45.4 Å². The third kappa shape index (κ3) is 6.42. The highest BCUT2D eigenvalue weighted by Gasteiger charge is 2.35. The maximum atomic E-state index is 13.8. The van der Waals surface area contributed by atoms with Crippen LogP contribution in [0.4, 0.5) is 11.5 Å². The number of amides is 1. The molecule has 2 atom stereocenters. The maximum Gasteiger partial charge on any atom is 0.318 e. The minimum absolute atomic E-state index is 0.136. The Labute approximate surface area is 297 Å². The van der Waals surface area contributed by atoms with E-state index >= 15 is 0 Å². The number of pyridine rings is 1. The molecule has 11 nitrogen and oxygen atoms in total. The molecule has 2 saturated heterocycles. The molecule has 0 unspecified atom stereocenters. The highest BCUT2D eigenvalue weighted by Crippen LogP contribution is 2.37. The normalized spacial score (nSPS) is 19.2. The summed E-state index contributed by atoms with van der Waals surface area (Å²) >= 11 is 6.74. The summed E-state index contributed by atoms with van der Waals surface area (Å²) in [6.07, 6.45) is 6.01. The van der Waals surface area contributed by atoms with Crippen LogP contribution in [0.5, 0.6) is 6.01 Å². The molecule has 7 rings (SSSR count). The fourth-order valence-electron chi connectivity index (χ4n) is 7.45. The number of benzene rings is 2. The van der Waals surface area contributed by atoms with E-state index in [4.69, 9.17) is 26.3 Å². The fraction of sp³-hybridized carbons (Fsp3) is 0.368. The van der Waals surface area contributed by atoms with E-state index in [0.29, 0.717) is 61.8 Å². The van der Waals surface area contributed by atoms with Gasteiger partial charge in [-0.05, 0) is 56.4 Å². The third-order valence-corrected chi connectivity index (χ3v) is 10.5. The van der Waals surface area contributed by atoms with E-state index in [1.807, 2.05) is 12.1 Å². The highest BCUT2D eigenvalue weighted by atomic mass is 35.5. The van der Waals surface area contributed by atoms with Gasteiger partial charge in [-0.1, -0.05) is 42.4 Å². The molecule has 0 aliphatic carbocycles. The van der Waals surface area contributed by atoms with Crippen molar-refractivity contribution in [1.82, 2.24) is 24.8 Å². The Hall–Kier alpha value is -5.23. The first-order valence-electron chi connectivity index (χ1n) is 17.0. The number of aromatic nitrogens is 3. The van der Waals surface area contributed by atoms with Gasteiger partial charge in [0.05, 0.1) is 41.4 Å². The van der Waals surface area contributed by atoms with E-state index in [1.54, 1.807) is 11.0 Å². The van der Waals surface area contributed by atoms with Crippen LogP contribution in [-0.2, 0) is 17.8 Å². The zero-order chi connectivity index (χ0) is 34.8. The molecule has 0 radical (unpaired) electrons. The Balaban J connectivity index is 1.19. The van der Waals surface area contributed by atoms with Gasteiger partial charge >= 0.3 is 6.01 Å². The molecule has 1 amide bonds. The van der Waals surface area contributed by atoms with Gasteiger partial charge in [-0.25, -0.2) is 0 Å².